The Morgan fingerprint density at radius 3 is 3.08 bits per heavy atom. The number of phenols is 1. The molecule has 2 rings (SSSR count). The van der Waals surface area contributed by atoms with Crippen molar-refractivity contribution in [2.45, 2.75) is 0 Å². The topological polar surface area (TPSA) is 50.1 Å². The zero-order chi connectivity index (χ0) is 8.55. The average molecular weight is 163 g/mol. The zero-order valence-electron chi connectivity index (χ0n) is 6.65. The van der Waals surface area contributed by atoms with E-state index in [1.165, 1.54) is 0 Å². The minimum Gasteiger partial charge on any atom is -0.508 e. The van der Waals surface area contributed by atoms with Crippen molar-refractivity contribution in [2.75, 3.05) is 12.5 Å². The van der Waals surface area contributed by atoms with Gasteiger partial charge in [0.1, 0.15) is 5.75 Å². The largest absolute Gasteiger partial charge is 0.508 e. The van der Waals surface area contributed by atoms with E-state index in [9.17, 15) is 5.11 Å². The maximum Gasteiger partial charge on any atom is 0.117 e. The highest BCUT2D eigenvalue weighted by atomic mass is 16.3. The molecule has 0 bridgehead atoms. The fraction of sp³-hybridized carbons (Fsp3) is 0.125. The Morgan fingerprint density at radius 1 is 1.50 bits per heavy atom. The lowest BCUT2D eigenvalue weighted by atomic mass is 10.2. The molecule has 0 aliphatic carbocycles. The first kappa shape index (κ1) is 6.97. The van der Waals surface area contributed by atoms with E-state index in [2.05, 4.69) is 10.5 Å². The lowest BCUT2D eigenvalue weighted by Crippen LogP contribution is -2.09. The van der Waals surface area contributed by atoms with Gasteiger partial charge in [-0.2, -0.15) is 9.89 Å². The number of nitrogens with one attached hydrogen (secondary N) is 1. The smallest absolute Gasteiger partial charge is 0.117 e. The zero-order valence-corrected chi connectivity index (χ0v) is 6.65. The second-order valence-corrected chi connectivity index (χ2v) is 2.52. The number of benzene rings is 1. The van der Waals surface area contributed by atoms with Crippen LogP contribution in [0.2, 0.25) is 0 Å². The van der Waals surface area contributed by atoms with Crippen LogP contribution >= 0.6 is 0 Å². The SMILES string of the molecule is CNn1ncc2ccc(O)cc21. The summed E-state index contributed by atoms with van der Waals surface area (Å²) in [7, 11) is 1.77. The summed E-state index contributed by atoms with van der Waals surface area (Å²) in [5.41, 5.74) is 3.74. The third kappa shape index (κ3) is 0.887. The van der Waals surface area contributed by atoms with E-state index in [-0.39, 0.29) is 5.75 Å². The van der Waals surface area contributed by atoms with Gasteiger partial charge in [0.2, 0.25) is 0 Å². The van der Waals surface area contributed by atoms with Crippen LogP contribution in [-0.2, 0) is 0 Å². The molecule has 1 aromatic carbocycles. The molecule has 62 valence electrons. The number of aromatic nitrogens is 2. The Labute approximate surface area is 69.4 Å². The van der Waals surface area contributed by atoms with E-state index in [0.717, 1.165) is 10.9 Å². The van der Waals surface area contributed by atoms with E-state index in [4.69, 9.17) is 0 Å². The van der Waals surface area contributed by atoms with Gasteiger partial charge in [-0.25, -0.2) is 0 Å². The van der Waals surface area contributed by atoms with Crippen molar-refractivity contribution in [3.8, 4) is 5.75 Å². The van der Waals surface area contributed by atoms with Crippen molar-refractivity contribution in [2.24, 2.45) is 0 Å². The minimum atomic E-state index is 0.250. The molecule has 1 aromatic heterocycles. The highest BCUT2D eigenvalue weighted by molar-refractivity contribution is 5.80. The second-order valence-electron chi connectivity index (χ2n) is 2.52. The molecular weight excluding hydrogens is 154 g/mol. The molecule has 0 saturated carbocycles. The Hall–Kier alpha value is -1.71. The maximum atomic E-state index is 9.20. The van der Waals surface area contributed by atoms with Gasteiger partial charge in [-0.05, 0) is 12.1 Å². The summed E-state index contributed by atoms with van der Waals surface area (Å²) in [6, 6.07) is 5.13. The third-order valence-electron chi connectivity index (χ3n) is 1.77. The molecule has 0 aliphatic rings. The Kier molecular flexibility index (Phi) is 1.40. The number of phenolic OH excluding ortho intramolecular Hbond substituents is 1. The molecule has 0 atom stereocenters. The van der Waals surface area contributed by atoms with E-state index in [1.54, 1.807) is 30.2 Å². The normalized spacial score (nSPS) is 10.4. The lowest BCUT2D eigenvalue weighted by Gasteiger charge is -2.00. The van der Waals surface area contributed by atoms with Gasteiger partial charge in [-0.1, -0.05) is 0 Å². The quantitative estimate of drug-likeness (QED) is 0.657. The summed E-state index contributed by atoms with van der Waals surface area (Å²) in [5, 5.41) is 14.3. The van der Waals surface area contributed by atoms with Crippen molar-refractivity contribution in [1.29, 1.82) is 0 Å². The van der Waals surface area contributed by atoms with Crippen LogP contribution in [-0.4, -0.2) is 22.0 Å². The first-order valence-electron chi connectivity index (χ1n) is 3.66. The number of aromatic hydroxyl groups is 1. The van der Waals surface area contributed by atoms with Crippen LogP contribution in [0, 0.1) is 0 Å². The standard InChI is InChI=1S/C8H9N3O/c1-9-11-8-4-7(12)3-2-6(8)5-10-11/h2-5,9,12H,1H3. The predicted molar refractivity (Wildman–Crippen MR) is 46.7 cm³/mol. The molecule has 0 saturated heterocycles. The van der Waals surface area contributed by atoms with E-state index >= 15 is 0 Å². The maximum absolute atomic E-state index is 9.20. The number of hydrogen-bond acceptors (Lipinski definition) is 3. The second kappa shape index (κ2) is 2.41. The Balaban J connectivity index is 2.75. The average Bonchev–Trinajstić information content (AvgIpc) is 2.46. The van der Waals surface area contributed by atoms with Crippen LogP contribution in [0.3, 0.4) is 0 Å². The van der Waals surface area contributed by atoms with E-state index in [1.807, 2.05) is 6.07 Å². The molecule has 4 nitrogen and oxygen atoms in total. The van der Waals surface area contributed by atoms with Crippen LogP contribution in [0.5, 0.6) is 5.75 Å². The van der Waals surface area contributed by atoms with Gasteiger partial charge >= 0.3 is 0 Å². The highest BCUT2D eigenvalue weighted by Gasteiger charge is 2.00. The van der Waals surface area contributed by atoms with Gasteiger partial charge in [-0.3, -0.25) is 0 Å². The fourth-order valence-electron chi connectivity index (χ4n) is 1.18. The molecule has 0 amide bonds. The van der Waals surface area contributed by atoms with Crippen LogP contribution in [0.25, 0.3) is 10.9 Å². The fourth-order valence-corrected chi connectivity index (χ4v) is 1.18. The van der Waals surface area contributed by atoms with Gasteiger partial charge in [0, 0.05) is 18.5 Å². The molecule has 0 fully saturated rings. The molecule has 0 aliphatic heterocycles. The molecule has 0 spiro atoms. The van der Waals surface area contributed by atoms with Crippen molar-refractivity contribution in [3.05, 3.63) is 24.4 Å². The van der Waals surface area contributed by atoms with Gasteiger partial charge in [0.25, 0.3) is 0 Å². The summed E-state index contributed by atoms with van der Waals surface area (Å²) in [6.45, 7) is 0. The lowest BCUT2D eigenvalue weighted by molar-refractivity contribution is 0.476. The van der Waals surface area contributed by atoms with Gasteiger partial charge in [-0.15, -0.1) is 0 Å². The van der Waals surface area contributed by atoms with Crippen molar-refractivity contribution in [1.82, 2.24) is 9.89 Å². The van der Waals surface area contributed by atoms with Crippen LogP contribution in [0.15, 0.2) is 24.4 Å². The number of fused-ring (bicyclic) bond motifs is 1. The van der Waals surface area contributed by atoms with Crippen LogP contribution < -0.4 is 5.43 Å². The molecule has 2 N–H and O–H groups in total. The Morgan fingerprint density at radius 2 is 2.33 bits per heavy atom. The number of rotatable bonds is 1. The number of hydrogen-bond donors (Lipinski definition) is 2. The molecule has 4 heteroatoms. The van der Waals surface area contributed by atoms with Crippen molar-refractivity contribution < 1.29 is 5.11 Å². The van der Waals surface area contributed by atoms with E-state index < -0.39 is 0 Å². The monoisotopic (exact) mass is 163 g/mol. The van der Waals surface area contributed by atoms with Gasteiger partial charge in [0.15, 0.2) is 0 Å². The number of nitrogens with zero attached hydrogens (tertiary/aromatic N) is 2. The minimum absolute atomic E-state index is 0.250. The third-order valence-corrected chi connectivity index (χ3v) is 1.77. The molecular formula is C8H9N3O. The molecule has 1 heterocycles. The first-order valence-corrected chi connectivity index (χ1v) is 3.66. The summed E-state index contributed by atoms with van der Waals surface area (Å²) >= 11 is 0. The summed E-state index contributed by atoms with van der Waals surface area (Å²) in [4.78, 5) is 1.61. The van der Waals surface area contributed by atoms with Crippen LogP contribution in [0.4, 0.5) is 0 Å². The summed E-state index contributed by atoms with van der Waals surface area (Å²) in [5.74, 6) is 0.250. The molecule has 0 radical (unpaired) electrons. The molecule has 0 unspecified atom stereocenters. The summed E-state index contributed by atoms with van der Waals surface area (Å²) < 4.78 is 0. The molecule has 2 aromatic rings. The Bertz CT molecular complexity index is 408. The van der Waals surface area contributed by atoms with Crippen molar-refractivity contribution in [3.63, 3.8) is 0 Å². The van der Waals surface area contributed by atoms with Crippen molar-refractivity contribution >= 4 is 10.9 Å². The predicted octanol–water partition coefficient (Wildman–Crippen LogP) is 0.915. The molecule has 12 heavy (non-hydrogen) atoms. The van der Waals surface area contributed by atoms with Gasteiger partial charge < -0.3 is 10.5 Å². The van der Waals surface area contributed by atoms with Crippen LogP contribution in [0.1, 0.15) is 0 Å². The summed E-state index contributed by atoms with van der Waals surface area (Å²) in [6.07, 6.45) is 1.74. The first-order chi connectivity index (χ1) is 5.81. The van der Waals surface area contributed by atoms with Gasteiger partial charge in [0.05, 0.1) is 11.7 Å². The van der Waals surface area contributed by atoms with E-state index in [0.29, 0.717) is 0 Å². The highest BCUT2D eigenvalue weighted by Crippen LogP contribution is 2.18.